The highest BCUT2D eigenvalue weighted by atomic mass is 32.1. The molecule has 2 amide bonds. The van der Waals surface area contributed by atoms with Crippen molar-refractivity contribution in [3.8, 4) is 0 Å². The third-order valence-electron chi connectivity index (χ3n) is 3.94. The molecule has 2 N–H and O–H groups in total. The van der Waals surface area contributed by atoms with E-state index in [9.17, 15) is 18.4 Å². The molecule has 0 aliphatic carbocycles. The van der Waals surface area contributed by atoms with Crippen LogP contribution >= 0.6 is 11.3 Å². The number of nitrogens with zero attached hydrogens (tertiary/aromatic N) is 2. The molecule has 1 saturated heterocycles. The number of carbonyl (C=O) groups is 2. The number of halogens is 2. The topological polar surface area (TPSA) is 82.5 Å². The first kappa shape index (κ1) is 18.0. The fourth-order valence-electron chi connectivity index (χ4n) is 2.59. The van der Waals surface area contributed by atoms with Gasteiger partial charge in [-0.05, 0) is 31.0 Å². The second-order valence-electron chi connectivity index (χ2n) is 5.72. The van der Waals surface area contributed by atoms with Crippen molar-refractivity contribution in [1.82, 2.24) is 9.88 Å². The van der Waals surface area contributed by atoms with Gasteiger partial charge in [-0.1, -0.05) is 23.0 Å². The van der Waals surface area contributed by atoms with E-state index in [-0.39, 0.29) is 21.6 Å². The van der Waals surface area contributed by atoms with Crippen LogP contribution in [-0.4, -0.2) is 40.1 Å². The number of anilines is 1. The van der Waals surface area contributed by atoms with Gasteiger partial charge in [0.25, 0.3) is 0 Å². The first-order chi connectivity index (χ1) is 12.4. The first-order valence-corrected chi connectivity index (χ1v) is 8.63. The summed E-state index contributed by atoms with van der Waals surface area (Å²) in [4.78, 5) is 28.5. The maximum Gasteiger partial charge on any atom is 0.347 e. The minimum Gasteiger partial charge on any atom is -0.477 e. The number of thiazole rings is 1. The summed E-state index contributed by atoms with van der Waals surface area (Å²) >= 11 is 0.881. The smallest absolute Gasteiger partial charge is 0.347 e. The van der Waals surface area contributed by atoms with E-state index in [0.29, 0.717) is 25.9 Å². The number of urea groups is 1. The SMILES string of the molecule is O=C(O)c1cnc(NC(=O)N2CCC(=Cc3cc(F)ccc3F)CC2)s1. The summed E-state index contributed by atoms with van der Waals surface area (Å²) < 4.78 is 26.9. The van der Waals surface area contributed by atoms with Gasteiger partial charge in [-0.3, -0.25) is 5.32 Å². The van der Waals surface area contributed by atoms with E-state index in [1.807, 2.05) is 0 Å². The maximum absolute atomic E-state index is 13.7. The van der Waals surface area contributed by atoms with Crippen LogP contribution < -0.4 is 5.32 Å². The van der Waals surface area contributed by atoms with Gasteiger partial charge < -0.3 is 10.0 Å². The molecule has 9 heteroatoms. The van der Waals surface area contributed by atoms with E-state index in [0.717, 1.165) is 35.1 Å². The Balaban J connectivity index is 1.59. The van der Waals surface area contributed by atoms with Gasteiger partial charge in [-0.25, -0.2) is 23.4 Å². The summed E-state index contributed by atoms with van der Waals surface area (Å²) in [6, 6.07) is 2.93. The number of amides is 2. The minimum absolute atomic E-state index is 0.0429. The number of aromatic nitrogens is 1. The molecule has 0 saturated carbocycles. The van der Waals surface area contributed by atoms with E-state index in [4.69, 9.17) is 5.11 Å². The van der Waals surface area contributed by atoms with Crippen LogP contribution in [0.1, 0.15) is 28.1 Å². The van der Waals surface area contributed by atoms with Gasteiger partial charge in [0.1, 0.15) is 16.5 Å². The number of carbonyl (C=O) groups excluding carboxylic acids is 1. The van der Waals surface area contributed by atoms with Gasteiger partial charge in [0.05, 0.1) is 6.20 Å². The van der Waals surface area contributed by atoms with Gasteiger partial charge in [0.15, 0.2) is 5.13 Å². The summed E-state index contributed by atoms with van der Waals surface area (Å²) in [5.41, 5.74) is 1.13. The molecule has 1 aromatic heterocycles. The van der Waals surface area contributed by atoms with Crippen molar-refractivity contribution in [3.05, 3.63) is 52.0 Å². The number of carboxylic acid groups (broad SMARTS) is 1. The lowest BCUT2D eigenvalue weighted by atomic mass is 10.0. The van der Waals surface area contributed by atoms with Crippen molar-refractivity contribution >= 4 is 34.5 Å². The molecule has 0 unspecified atom stereocenters. The molecule has 6 nitrogen and oxygen atoms in total. The fourth-order valence-corrected chi connectivity index (χ4v) is 3.23. The minimum atomic E-state index is -1.10. The molecule has 0 bridgehead atoms. The highest BCUT2D eigenvalue weighted by molar-refractivity contribution is 7.17. The normalized spacial score (nSPS) is 14.2. The Morgan fingerprint density at radius 1 is 1.27 bits per heavy atom. The van der Waals surface area contributed by atoms with Gasteiger partial charge in [0.2, 0.25) is 0 Å². The van der Waals surface area contributed by atoms with Crippen molar-refractivity contribution in [2.45, 2.75) is 12.8 Å². The van der Waals surface area contributed by atoms with Crippen LogP contribution in [0.15, 0.2) is 30.0 Å². The Morgan fingerprint density at radius 2 is 2.00 bits per heavy atom. The molecule has 1 aliphatic heterocycles. The highest BCUT2D eigenvalue weighted by Gasteiger charge is 2.20. The first-order valence-electron chi connectivity index (χ1n) is 7.82. The molecular formula is C17H15F2N3O3S. The van der Waals surface area contributed by atoms with E-state index >= 15 is 0 Å². The van der Waals surface area contributed by atoms with E-state index in [1.165, 1.54) is 6.20 Å². The molecule has 1 fully saturated rings. The second-order valence-corrected chi connectivity index (χ2v) is 6.75. The molecule has 136 valence electrons. The Labute approximate surface area is 151 Å². The monoisotopic (exact) mass is 379 g/mol. The van der Waals surface area contributed by atoms with E-state index in [2.05, 4.69) is 10.3 Å². The zero-order valence-corrected chi connectivity index (χ0v) is 14.4. The van der Waals surface area contributed by atoms with Crippen molar-refractivity contribution < 1.29 is 23.5 Å². The second kappa shape index (κ2) is 7.61. The third-order valence-corrected chi connectivity index (χ3v) is 4.84. The molecule has 1 aromatic carbocycles. The lowest BCUT2D eigenvalue weighted by Gasteiger charge is -2.28. The lowest BCUT2D eigenvalue weighted by Crippen LogP contribution is -2.39. The zero-order chi connectivity index (χ0) is 18.7. The van der Waals surface area contributed by atoms with Crippen molar-refractivity contribution in [2.75, 3.05) is 18.4 Å². The molecule has 26 heavy (non-hydrogen) atoms. The average molecular weight is 379 g/mol. The van der Waals surface area contributed by atoms with Crippen molar-refractivity contribution in [3.63, 3.8) is 0 Å². The van der Waals surface area contributed by atoms with Crippen LogP contribution in [0.4, 0.5) is 18.7 Å². The van der Waals surface area contributed by atoms with Crippen LogP contribution in [-0.2, 0) is 0 Å². The van der Waals surface area contributed by atoms with Crippen LogP contribution in [0.3, 0.4) is 0 Å². The van der Waals surface area contributed by atoms with Gasteiger partial charge in [0, 0.05) is 18.7 Å². The Bertz CT molecular complexity index is 872. The number of benzene rings is 1. The predicted molar refractivity (Wildman–Crippen MR) is 93.2 cm³/mol. The maximum atomic E-state index is 13.7. The van der Waals surface area contributed by atoms with Gasteiger partial charge in [-0.2, -0.15) is 0 Å². The standard InChI is InChI=1S/C17H15F2N3O3S/c18-12-1-2-13(19)11(8-12)7-10-3-5-22(6-4-10)17(25)21-16-20-9-14(26-16)15(23)24/h1-2,7-9H,3-6H2,(H,23,24)(H,20,21,25). The molecule has 2 aromatic rings. The number of nitrogens with one attached hydrogen (secondary N) is 1. The summed E-state index contributed by atoms with van der Waals surface area (Å²) in [7, 11) is 0. The molecular weight excluding hydrogens is 364 g/mol. The number of hydrogen-bond donors (Lipinski definition) is 2. The number of rotatable bonds is 3. The molecule has 3 rings (SSSR count). The molecule has 0 atom stereocenters. The molecule has 0 radical (unpaired) electrons. The summed E-state index contributed by atoms with van der Waals surface area (Å²) in [6.07, 6.45) is 3.89. The zero-order valence-electron chi connectivity index (χ0n) is 13.5. The number of aromatic carboxylic acids is 1. The number of carboxylic acids is 1. The van der Waals surface area contributed by atoms with Gasteiger partial charge in [-0.15, -0.1) is 0 Å². The number of piperidine rings is 1. The highest BCUT2D eigenvalue weighted by Crippen LogP contribution is 2.23. The molecule has 2 heterocycles. The van der Waals surface area contributed by atoms with Gasteiger partial charge >= 0.3 is 12.0 Å². The molecule has 0 spiro atoms. The fraction of sp³-hybridized carbons (Fsp3) is 0.235. The largest absolute Gasteiger partial charge is 0.477 e. The van der Waals surface area contributed by atoms with Crippen LogP contribution in [0.5, 0.6) is 0 Å². The van der Waals surface area contributed by atoms with Crippen molar-refractivity contribution in [1.29, 1.82) is 0 Å². The lowest BCUT2D eigenvalue weighted by molar-refractivity contribution is 0.0702. The summed E-state index contributed by atoms with van der Waals surface area (Å²) in [5, 5.41) is 11.6. The summed E-state index contributed by atoms with van der Waals surface area (Å²) in [6.45, 7) is 0.845. The third kappa shape index (κ3) is 4.23. The number of likely N-dealkylation sites (tertiary alicyclic amines) is 1. The quantitative estimate of drug-likeness (QED) is 0.849. The average Bonchev–Trinajstić information content (AvgIpc) is 3.07. The van der Waals surface area contributed by atoms with Crippen LogP contribution in [0.25, 0.3) is 6.08 Å². The van der Waals surface area contributed by atoms with Crippen molar-refractivity contribution in [2.24, 2.45) is 0 Å². The number of hydrogen-bond acceptors (Lipinski definition) is 4. The predicted octanol–water partition coefficient (Wildman–Crippen LogP) is 3.83. The Hall–Kier alpha value is -2.81. The van der Waals surface area contributed by atoms with E-state index in [1.54, 1.807) is 11.0 Å². The Morgan fingerprint density at radius 3 is 2.65 bits per heavy atom. The summed E-state index contributed by atoms with van der Waals surface area (Å²) in [5.74, 6) is -2.09. The molecule has 1 aliphatic rings. The van der Waals surface area contributed by atoms with E-state index < -0.39 is 17.6 Å². The van der Waals surface area contributed by atoms with Crippen LogP contribution in [0.2, 0.25) is 0 Å². The Kier molecular flexibility index (Phi) is 5.27. The van der Waals surface area contributed by atoms with Crippen LogP contribution in [0, 0.1) is 11.6 Å².